The second-order valence-electron chi connectivity index (χ2n) is 8.06. The van der Waals surface area contributed by atoms with E-state index in [4.69, 9.17) is 9.47 Å². The van der Waals surface area contributed by atoms with E-state index < -0.39 is 0 Å². The van der Waals surface area contributed by atoms with Gasteiger partial charge < -0.3 is 24.6 Å². The molecule has 0 aromatic heterocycles. The van der Waals surface area contributed by atoms with Gasteiger partial charge in [-0.05, 0) is 56.8 Å². The summed E-state index contributed by atoms with van der Waals surface area (Å²) in [5, 5.41) is 3.48. The molecule has 6 nitrogen and oxygen atoms in total. The molecular weight excluding hydrogens is 342 g/mol. The second-order valence-corrected chi connectivity index (χ2v) is 8.06. The zero-order valence-corrected chi connectivity index (χ0v) is 16.9. The first kappa shape index (κ1) is 18.4. The third kappa shape index (κ3) is 2.68. The fourth-order valence-electron chi connectivity index (χ4n) is 5.66. The molecule has 0 aliphatic carbocycles. The minimum Gasteiger partial charge on any atom is -0.497 e. The zero-order valence-electron chi connectivity index (χ0n) is 16.9. The number of carbonyl (C=O) groups is 1. The average molecular weight is 373 g/mol. The number of methoxy groups -OCH3 is 2. The van der Waals surface area contributed by atoms with Gasteiger partial charge in [-0.1, -0.05) is 6.92 Å². The number of nitrogens with zero attached hydrogens (tertiary/aromatic N) is 2. The van der Waals surface area contributed by atoms with E-state index in [9.17, 15) is 4.79 Å². The molecule has 0 radical (unpaired) electrons. The smallest absolute Gasteiger partial charge is 0.321 e. The Hall–Kier alpha value is -1.95. The molecular formula is C21H31N3O3. The number of ether oxygens (including phenoxy) is 2. The summed E-state index contributed by atoms with van der Waals surface area (Å²) in [4.78, 5) is 17.7. The molecule has 1 spiro atoms. The van der Waals surface area contributed by atoms with E-state index in [-0.39, 0.29) is 17.6 Å². The van der Waals surface area contributed by atoms with E-state index >= 15 is 0 Å². The van der Waals surface area contributed by atoms with Gasteiger partial charge in [0.2, 0.25) is 0 Å². The standard InChI is InChI=1S/C21H31N3O3/c1-5-24-20(25)23-13-15-11-16(26-3)12-17(27-4)19(15)14(2)10-18(23)21(24)6-8-22-9-7-21/h11-12,14,18,22H,5-10,13H2,1-4H3/t14-,18?/m0/s1. The van der Waals surface area contributed by atoms with Gasteiger partial charge in [0.1, 0.15) is 11.5 Å². The number of hydrogen-bond donors (Lipinski definition) is 1. The summed E-state index contributed by atoms with van der Waals surface area (Å²) >= 11 is 0. The molecule has 3 aliphatic heterocycles. The van der Waals surface area contributed by atoms with Gasteiger partial charge in [0, 0.05) is 24.7 Å². The Morgan fingerprint density at radius 2 is 1.96 bits per heavy atom. The highest BCUT2D eigenvalue weighted by Gasteiger charge is 2.57. The first-order valence-corrected chi connectivity index (χ1v) is 10.1. The Morgan fingerprint density at radius 1 is 1.22 bits per heavy atom. The molecule has 1 unspecified atom stereocenters. The third-order valence-electron chi connectivity index (χ3n) is 6.86. The van der Waals surface area contributed by atoms with Crippen molar-refractivity contribution >= 4 is 6.03 Å². The van der Waals surface area contributed by atoms with Crippen LogP contribution in [0.2, 0.25) is 0 Å². The first-order chi connectivity index (χ1) is 13.1. The Balaban J connectivity index is 1.80. The third-order valence-corrected chi connectivity index (χ3v) is 6.86. The molecule has 3 aliphatic rings. The SMILES string of the molecule is CCN1C(=O)N2Cc3cc(OC)cc(OC)c3[C@@H](C)CC2C12CCNCC2. The predicted molar refractivity (Wildman–Crippen MR) is 105 cm³/mol. The highest BCUT2D eigenvalue weighted by atomic mass is 16.5. The number of likely N-dealkylation sites (N-methyl/N-ethyl adjacent to an activating group) is 1. The second kappa shape index (κ2) is 6.89. The Morgan fingerprint density at radius 3 is 2.59 bits per heavy atom. The fourth-order valence-corrected chi connectivity index (χ4v) is 5.66. The van der Waals surface area contributed by atoms with Gasteiger partial charge in [-0.15, -0.1) is 0 Å². The lowest BCUT2D eigenvalue weighted by molar-refractivity contribution is 0.0911. The van der Waals surface area contributed by atoms with E-state index in [1.807, 2.05) is 6.07 Å². The minimum absolute atomic E-state index is 0.0509. The largest absolute Gasteiger partial charge is 0.497 e. The predicted octanol–water partition coefficient (Wildman–Crippen LogP) is 2.96. The Bertz CT molecular complexity index is 730. The summed E-state index contributed by atoms with van der Waals surface area (Å²) in [5.41, 5.74) is 2.33. The van der Waals surface area contributed by atoms with Crippen molar-refractivity contribution in [3.63, 3.8) is 0 Å². The summed E-state index contributed by atoms with van der Waals surface area (Å²) in [6.07, 6.45) is 3.02. The van der Waals surface area contributed by atoms with Gasteiger partial charge in [0.25, 0.3) is 0 Å². The molecule has 2 atom stereocenters. The number of piperidine rings is 1. The highest BCUT2D eigenvalue weighted by molar-refractivity contribution is 5.79. The van der Waals surface area contributed by atoms with Crippen LogP contribution in [-0.4, -0.2) is 61.3 Å². The molecule has 1 aromatic carbocycles. The molecule has 2 fully saturated rings. The number of carbonyl (C=O) groups excluding carboxylic acids is 1. The summed E-state index contributed by atoms with van der Waals surface area (Å²) in [5.74, 6) is 1.98. The van der Waals surface area contributed by atoms with Crippen LogP contribution < -0.4 is 14.8 Å². The van der Waals surface area contributed by atoms with Crippen molar-refractivity contribution in [3.05, 3.63) is 23.3 Å². The topological polar surface area (TPSA) is 54.0 Å². The van der Waals surface area contributed by atoms with Crippen molar-refractivity contribution < 1.29 is 14.3 Å². The van der Waals surface area contributed by atoms with Gasteiger partial charge in [0.05, 0.1) is 25.8 Å². The van der Waals surface area contributed by atoms with E-state index in [0.29, 0.717) is 12.5 Å². The maximum Gasteiger partial charge on any atom is 0.321 e. The lowest BCUT2D eigenvalue weighted by atomic mass is 9.77. The van der Waals surface area contributed by atoms with Crippen LogP contribution in [0.3, 0.4) is 0 Å². The highest BCUT2D eigenvalue weighted by Crippen LogP contribution is 2.48. The zero-order chi connectivity index (χ0) is 19.2. The molecule has 3 heterocycles. The van der Waals surface area contributed by atoms with Crippen LogP contribution in [0.5, 0.6) is 11.5 Å². The lowest BCUT2D eigenvalue weighted by Gasteiger charge is -2.44. The van der Waals surface area contributed by atoms with Crippen LogP contribution in [0.15, 0.2) is 12.1 Å². The van der Waals surface area contributed by atoms with Gasteiger partial charge in [0.15, 0.2) is 0 Å². The van der Waals surface area contributed by atoms with Crippen LogP contribution in [0.25, 0.3) is 0 Å². The van der Waals surface area contributed by atoms with E-state index in [1.54, 1.807) is 14.2 Å². The Kier molecular flexibility index (Phi) is 4.70. The molecule has 0 bridgehead atoms. The van der Waals surface area contributed by atoms with Crippen molar-refractivity contribution in [2.45, 2.75) is 57.2 Å². The number of urea groups is 1. The number of hydrogen-bond acceptors (Lipinski definition) is 4. The average Bonchev–Trinajstić information content (AvgIpc) is 2.81. The number of amides is 2. The molecule has 148 valence electrons. The van der Waals surface area contributed by atoms with Crippen molar-refractivity contribution in [2.24, 2.45) is 0 Å². The molecule has 1 aromatic rings. The molecule has 2 saturated heterocycles. The number of fused-ring (bicyclic) bond motifs is 3. The van der Waals surface area contributed by atoms with Crippen molar-refractivity contribution in [2.75, 3.05) is 33.9 Å². The molecule has 6 heteroatoms. The maximum atomic E-state index is 13.4. The van der Waals surface area contributed by atoms with Crippen LogP contribution in [0.1, 0.15) is 50.2 Å². The van der Waals surface area contributed by atoms with Crippen LogP contribution in [-0.2, 0) is 6.54 Å². The van der Waals surface area contributed by atoms with Crippen molar-refractivity contribution in [1.29, 1.82) is 0 Å². The van der Waals surface area contributed by atoms with Gasteiger partial charge in [-0.3, -0.25) is 0 Å². The molecule has 1 N–H and O–H groups in total. The van der Waals surface area contributed by atoms with Gasteiger partial charge in [-0.25, -0.2) is 4.79 Å². The Labute approximate surface area is 161 Å². The number of rotatable bonds is 3. The van der Waals surface area contributed by atoms with Crippen LogP contribution >= 0.6 is 0 Å². The molecule has 2 amide bonds. The quantitative estimate of drug-likeness (QED) is 0.885. The summed E-state index contributed by atoms with van der Waals surface area (Å²) in [6.45, 7) is 7.73. The van der Waals surface area contributed by atoms with Crippen molar-refractivity contribution in [3.8, 4) is 11.5 Å². The summed E-state index contributed by atoms with van der Waals surface area (Å²) in [7, 11) is 3.39. The maximum absolute atomic E-state index is 13.4. The van der Waals surface area contributed by atoms with Crippen LogP contribution in [0.4, 0.5) is 4.79 Å². The van der Waals surface area contributed by atoms with Gasteiger partial charge >= 0.3 is 6.03 Å². The fraction of sp³-hybridized carbons (Fsp3) is 0.667. The molecule has 27 heavy (non-hydrogen) atoms. The van der Waals surface area contributed by atoms with Gasteiger partial charge in [-0.2, -0.15) is 0 Å². The number of nitrogens with one attached hydrogen (secondary N) is 1. The molecule has 4 rings (SSSR count). The van der Waals surface area contributed by atoms with E-state index in [0.717, 1.165) is 56.0 Å². The number of benzene rings is 1. The first-order valence-electron chi connectivity index (χ1n) is 10.1. The van der Waals surface area contributed by atoms with Crippen LogP contribution in [0, 0.1) is 0 Å². The normalized spacial score (nSPS) is 26.6. The monoisotopic (exact) mass is 373 g/mol. The van der Waals surface area contributed by atoms with E-state index in [1.165, 1.54) is 5.56 Å². The minimum atomic E-state index is -0.0509. The molecule has 0 saturated carbocycles. The lowest BCUT2D eigenvalue weighted by Crippen LogP contribution is -2.57. The summed E-state index contributed by atoms with van der Waals surface area (Å²) < 4.78 is 11.2. The summed E-state index contributed by atoms with van der Waals surface area (Å²) in [6, 6.07) is 4.47. The van der Waals surface area contributed by atoms with E-state index in [2.05, 4.69) is 35.0 Å². The van der Waals surface area contributed by atoms with Crippen molar-refractivity contribution in [1.82, 2.24) is 15.1 Å².